The number of hydrogen-bond donors (Lipinski definition) is 4. The van der Waals surface area contributed by atoms with Crippen molar-refractivity contribution in [3.8, 4) is 0 Å². The predicted octanol–water partition coefficient (Wildman–Crippen LogP) is 2.65. The van der Waals surface area contributed by atoms with E-state index in [2.05, 4.69) is 25.3 Å². The van der Waals surface area contributed by atoms with E-state index in [0.29, 0.717) is 11.0 Å². The number of alkyl halides is 3. The summed E-state index contributed by atoms with van der Waals surface area (Å²) < 4.78 is 39.6. The Balaban J connectivity index is 2.03. The van der Waals surface area contributed by atoms with E-state index in [0.717, 1.165) is 11.1 Å². The van der Waals surface area contributed by atoms with Crippen molar-refractivity contribution in [1.29, 1.82) is 0 Å². The normalized spacial score (nSPS) is 11.7. The molecule has 0 saturated heterocycles. The quantitative estimate of drug-likeness (QED) is 0.551. The Morgan fingerprint density at radius 1 is 1.15 bits per heavy atom. The minimum atomic E-state index is -4.99. The van der Waals surface area contributed by atoms with E-state index in [1.165, 1.54) is 0 Å². The maximum Gasteiger partial charge on any atom is 0.433 e. The molecule has 11 heteroatoms. The number of nitrogens with zero attached hydrogens (tertiary/aromatic N) is 2. The van der Waals surface area contributed by atoms with Gasteiger partial charge in [0.2, 0.25) is 11.9 Å². The van der Waals surface area contributed by atoms with Gasteiger partial charge in [-0.15, -0.1) is 0 Å². The van der Waals surface area contributed by atoms with Crippen molar-refractivity contribution >= 4 is 28.9 Å². The smallest absolute Gasteiger partial charge is 0.433 e. The molecule has 0 aliphatic rings. The molecule has 3 aromatic rings. The monoisotopic (exact) mass is 381 g/mol. The Kier molecular flexibility index (Phi) is 4.38. The number of hydrogen-bond acceptors (Lipinski definition) is 5. The van der Waals surface area contributed by atoms with Crippen LogP contribution in [0.15, 0.2) is 16.9 Å². The number of anilines is 2. The highest BCUT2D eigenvalue weighted by Gasteiger charge is 2.38. The molecule has 0 aliphatic carbocycles. The summed E-state index contributed by atoms with van der Waals surface area (Å²) in [6.45, 7) is 3.80. The summed E-state index contributed by atoms with van der Waals surface area (Å²) in [4.78, 5) is 35.2. The molecule has 4 N–H and O–H groups in total. The van der Waals surface area contributed by atoms with Crippen LogP contribution < -0.4 is 10.9 Å². The summed E-state index contributed by atoms with van der Waals surface area (Å²) in [5, 5.41) is 11.2. The molecule has 0 radical (unpaired) electrons. The van der Waals surface area contributed by atoms with Gasteiger partial charge in [0.1, 0.15) is 0 Å². The number of aliphatic carboxylic acids is 1. The molecule has 0 saturated carbocycles. The molecule has 2 heterocycles. The van der Waals surface area contributed by atoms with Crippen LogP contribution in [-0.4, -0.2) is 31.0 Å². The third-order valence-electron chi connectivity index (χ3n) is 3.95. The number of aromatic nitrogens is 4. The highest BCUT2D eigenvalue weighted by atomic mass is 19.4. The Bertz CT molecular complexity index is 1060. The number of aromatic amines is 2. The third kappa shape index (κ3) is 3.76. The topological polar surface area (TPSA) is 124 Å². The van der Waals surface area contributed by atoms with Crippen LogP contribution in [0.25, 0.3) is 11.0 Å². The van der Waals surface area contributed by atoms with E-state index in [-0.39, 0.29) is 5.95 Å². The maximum atomic E-state index is 13.2. The largest absolute Gasteiger partial charge is 0.481 e. The molecule has 2 aromatic heterocycles. The van der Waals surface area contributed by atoms with Gasteiger partial charge in [-0.2, -0.15) is 13.2 Å². The lowest BCUT2D eigenvalue weighted by atomic mass is 10.1. The van der Waals surface area contributed by atoms with Gasteiger partial charge in [0.05, 0.1) is 23.0 Å². The zero-order chi connectivity index (χ0) is 19.9. The third-order valence-corrected chi connectivity index (χ3v) is 3.95. The van der Waals surface area contributed by atoms with Crippen LogP contribution in [0.1, 0.15) is 22.4 Å². The molecule has 27 heavy (non-hydrogen) atoms. The van der Waals surface area contributed by atoms with Crippen molar-refractivity contribution in [2.45, 2.75) is 26.4 Å². The van der Waals surface area contributed by atoms with E-state index >= 15 is 0 Å². The highest BCUT2D eigenvalue weighted by Crippen LogP contribution is 2.30. The zero-order valence-corrected chi connectivity index (χ0v) is 14.2. The summed E-state index contributed by atoms with van der Waals surface area (Å²) in [5.74, 6) is -2.00. The first kappa shape index (κ1) is 18.4. The Morgan fingerprint density at radius 3 is 2.41 bits per heavy atom. The number of carboxylic acid groups (broad SMARTS) is 1. The lowest BCUT2D eigenvalue weighted by Crippen LogP contribution is -2.26. The summed E-state index contributed by atoms with van der Waals surface area (Å²) in [6, 6.07) is 3.63. The summed E-state index contributed by atoms with van der Waals surface area (Å²) >= 11 is 0. The summed E-state index contributed by atoms with van der Waals surface area (Å²) in [7, 11) is 0. The van der Waals surface area contributed by atoms with Gasteiger partial charge in [0.25, 0.3) is 5.56 Å². The lowest BCUT2D eigenvalue weighted by Gasteiger charge is -2.11. The predicted molar refractivity (Wildman–Crippen MR) is 90.0 cm³/mol. The second-order valence-corrected chi connectivity index (χ2v) is 5.97. The standard InChI is InChI=1S/C16H14F3N5O3/c1-6-3-9-10(4-7(6)2)21-14(20-9)24-15-22-12(16(17,18)19)8(5-11(25)26)13(27)23-15/h3-4H,5H2,1-2H3,(H,25,26)(H3,20,21,22,23,24,27). The molecule has 0 spiro atoms. The first-order valence-corrected chi connectivity index (χ1v) is 7.71. The fraction of sp³-hybridized carbons (Fsp3) is 0.250. The number of benzene rings is 1. The molecule has 0 fully saturated rings. The first-order chi connectivity index (χ1) is 12.5. The van der Waals surface area contributed by atoms with Gasteiger partial charge in [-0.05, 0) is 37.1 Å². The van der Waals surface area contributed by atoms with Crippen molar-refractivity contribution in [2.75, 3.05) is 5.32 Å². The zero-order valence-electron chi connectivity index (χ0n) is 14.2. The number of carboxylic acids is 1. The number of imidazole rings is 1. The number of H-pyrrole nitrogens is 2. The van der Waals surface area contributed by atoms with Crippen molar-refractivity contribution < 1.29 is 23.1 Å². The van der Waals surface area contributed by atoms with Crippen LogP contribution in [0.2, 0.25) is 0 Å². The fourth-order valence-electron chi connectivity index (χ4n) is 2.55. The Hall–Kier alpha value is -3.37. The van der Waals surface area contributed by atoms with Gasteiger partial charge in [-0.25, -0.2) is 9.97 Å². The molecule has 0 amide bonds. The molecule has 0 unspecified atom stereocenters. The molecule has 3 rings (SSSR count). The van der Waals surface area contributed by atoms with Gasteiger partial charge in [0.15, 0.2) is 5.69 Å². The number of halogens is 3. The van der Waals surface area contributed by atoms with Crippen LogP contribution >= 0.6 is 0 Å². The number of nitrogens with one attached hydrogen (secondary N) is 3. The van der Waals surface area contributed by atoms with Crippen molar-refractivity contribution in [3.05, 3.63) is 44.9 Å². The maximum absolute atomic E-state index is 13.2. The fourth-order valence-corrected chi connectivity index (χ4v) is 2.55. The van der Waals surface area contributed by atoms with E-state index < -0.39 is 41.3 Å². The number of fused-ring (bicyclic) bond motifs is 1. The molecule has 0 atom stereocenters. The van der Waals surface area contributed by atoms with E-state index in [9.17, 15) is 22.8 Å². The summed E-state index contributed by atoms with van der Waals surface area (Å²) in [6.07, 6.45) is -6.09. The highest BCUT2D eigenvalue weighted by molar-refractivity contribution is 5.79. The van der Waals surface area contributed by atoms with Gasteiger partial charge < -0.3 is 10.1 Å². The molecule has 1 aromatic carbocycles. The lowest BCUT2D eigenvalue weighted by molar-refractivity contribution is -0.142. The van der Waals surface area contributed by atoms with Crippen LogP contribution in [-0.2, 0) is 17.4 Å². The van der Waals surface area contributed by atoms with Gasteiger partial charge >= 0.3 is 12.1 Å². The van der Waals surface area contributed by atoms with E-state index in [4.69, 9.17) is 5.11 Å². The van der Waals surface area contributed by atoms with Crippen LogP contribution in [0, 0.1) is 13.8 Å². The second-order valence-electron chi connectivity index (χ2n) is 5.97. The minimum absolute atomic E-state index is 0.0808. The average Bonchev–Trinajstić information content (AvgIpc) is 2.89. The Morgan fingerprint density at radius 2 is 1.78 bits per heavy atom. The van der Waals surface area contributed by atoms with E-state index in [1.54, 1.807) is 6.07 Å². The van der Waals surface area contributed by atoms with Gasteiger partial charge in [-0.3, -0.25) is 19.9 Å². The van der Waals surface area contributed by atoms with Crippen LogP contribution in [0.3, 0.4) is 0 Å². The van der Waals surface area contributed by atoms with Crippen molar-refractivity contribution in [3.63, 3.8) is 0 Å². The van der Waals surface area contributed by atoms with Crippen molar-refractivity contribution in [1.82, 2.24) is 19.9 Å². The van der Waals surface area contributed by atoms with Crippen LogP contribution in [0.5, 0.6) is 0 Å². The molecule has 0 aliphatic heterocycles. The van der Waals surface area contributed by atoms with Crippen LogP contribution in [0.4, 0.5) is 25.1 Å². The molecule has 8 nitrogen and oxygen atoms in total. The van der Waals surface area contributed by atoms with Crippen molar-refractivity contribution in [2.24, 2.45) is 0 Å². The van der Waals surface area contributed by atoms with E-state index in [1.807, 2.05) is 19.9 Å². The van der Waals surface area contributed by atoms with Gasteiger partial charge in [-0.1, -0.05) is 0 Å². The van der Waals surface area contributed by atoms with Gasteiger partial charge in [0, 0.05) is 0 Å². The molecular weight excluding hydrogens is 367 g/mol. The number of carbonyl (C=O) groups is 1. The second kappa shape index (κ2) is 6.41. The Labute approximate surface area is 149 Å². The minimum Gasteiger partial charge on any atom is -0.481 e. The molecule has 142 valence electrons. The average molecular weight is 381 g/mol. The number of aryl methyl sites for hydroxylation is 2. The molecular formula is C16H14F3N5O3. The summed E-state index contributed by atoms with van der Waals surface area (Å²) in [5.41, 5.74) is -0.477. The number of rotatable bonds is 4. The molecule has 0 bridgehead atoms. The first-order valence-electron chi connectivity index (χ1n) is 7.71. The SMILES string of the molecule is Cc1cc2nc(Nc3nc(C(F)(F)F)c(CC(=O)O)c(=O)[nH]3)[nH]c2cc1C.